The van der Waals surface area contributed by atoms with Gasteiger partial charge in [-0.3, -0.25) is 14.9 Å². The SMILES string of the molecule is CC(C)(C)OC(=O)COc1ccc(C(=O)O)cc1.O=C1CCC(=O)N1. The van der Waals surface area contributed by atoms with Crippen molar-refractivity contribution in [3.63, 3.8) is 0 Å². The molecule has 0 aliphatic carbocycles. The second kappa shape index (κ2) is 8.81. The minimum atomic E-state index is -1.01. The van der Waals surface area contributed by atoms with Crippen molar-refractivity contribution in [1.29, 1.82) is 0 Å². The number of benzene rings is 1. The van der Waals surface area contributed by atoms with Crippen LogP contribution in [0.25, 0.3) is 0 Å². The van der Waals surface area contributed by atoms with Crippen LogP contribution in [0.5, 0.6) is 5.75 Å². The van der Waals surface area contributed by atoms with E-state index in [1.165, 1.54) is 24.3 Å². The van der Waals surface area contributed by atoms with Crippen LogP contribution in [-0.4, -0.2) is 41.1 Å². The number of hydrogen-bond donors (Lipinski definition) is 2. The van der Waals surface area contributed by atoms with Crippen LogP contribution in [0.1, 0.15) is 44.0 Å². The molecule has 0 unspecified atom stereocenters. The van der Waals surface area contributed by atoms with E-state index in [0.29, 0.717) is 18.6 Å². The van der Waals surface area contributed by atoms with Gasteiger partial charge in [0.2, 0.25) is 11.8 Å². The van der Waals surface area contributed by atoms with Gasteiger partial charge in [0, 0.05) is 12.8 Å². The molecule has 0 saturated carbocycles. The highest BCUT2D eigenvalue weighted by molar-refractivity contribution is 6.01. The normalized spacial score (nSPS) is 13.4. The number of carbonyl (C=O) groups is 4. The number of carboxylic acid groups (broad SMARTS) is 1. The summed E-state index contributed by atoms with van der Waals surface area (Å²) < 4.78 is 10.2. The van der Waals surface area contributed by atoms with Crippen LogP contribution in [0.3, 0.4) is 0 Å². The van der Waals surface area contributed by atoms with Gasteiger partial charge in [0.15, 0.2) is 6.61 Å². The lowest BCUT2D eigenvalue weighted by molar-refractivity contribution is -0.157. The Balaban J connectivity index is 0.000000370. The Kier molecular flexibility index (Phi) is 7.10. The largest absolute Gasteiger partial charge is 0.482 e. The summed E-state index contributed by atoms with van der Waals surface area (Å²) >= 11 is 0. The minimum Gasteiger partial charge on any atom is -0.482 e. The maximum atomic E-state index is 11.4. The fourth-order valence-electron chi connectivity index (χ4n) is 1.71. The topological polar surface area (TPSA) is 119 Å². The van der Waals surface area contributed by atoms with E-state index in [9.17, 15) is 19.2 Å². The van der Waals surface area contributed by atoms with Crippen LogP contribution < -0.4 is 10.1 Å². The van der Waals surface area contributed by atoms with Crippen molar-refractivity contribution in [1.82, 2.24) is 5.32 Å². The number of imide groups is 1. The molecule has 1 aliphatic heterocycles. The van der Waals surface area contributed by atoms with Gasteiger partial charge in [0.05, 0.1) is 5.56 Å². The van der Waals surface area contributed by atoms with Crippen molar-refractivity contribution in [2.24, 2.45) is 0 Å². The summed E-state index contributed by atoms with van der Waals surface area (Å²) in [7, 11) is 0. The molecule has 2 N–H and O–H groups in total. The molecule has 1 aliphatic rings. The van der Waals surface area contributed by atoms with Crippen molar-refractivity contribution < 1.29 is 33.8 Å². The summed E-state index contributed by atoms with van der Waals surface area (Å²) in [6.07, 6.45) is 0.748. The van der Waals surface area contributed by atoms with E-state index in [-0.39, 0.29) is 24.0 Å². The summed E-state index contributed by atoms with van der Waals surface area (Å²) in [5, 5.41) is 10.8. The fraction of sp³-hybridized carbons (Fsp3) is 0.412. The number of carbonyl (C=O) groups excluding carboxylic acids is 3. The van der Waals surface area contributed by atoms with Crippen molar-refractivity contribution in [2.75, 3.05) is 6.61 Å². The van der Waals surface area contributed by atoms with E-state index >= 15 is 0 Å². The Morgan fingerprint density at radius 2 is 1.60 bits per heavy atom. The highest BCUT2D eigenvalue weighted by Crippen LogP contribution is 2.13. The molecule has 0 radical (unpaired) electrons. The van der Waals surface area contributed by atoms with Gasteiger partial charge in [-0.2, -0.15) is 0 Å². The van der Waals surface area contributed by atoms with E-state index < -0.39 is 17.5 Å². The van der Waals surface area contributed by atoms with Crippen molar-refractivity contribution >= 4 is 23.8 Å². The van der Waals surface area contributed by atoms with E-state index in [4.69, 9.17) is 14.6 Å². The summed E-state index contributed by atoms with van der Waals surface area (Å²) in [5.41, 5.74) is -0.382. The summed E-state index contributed by atoms with van der Waals surface area (Å²) in [6.45, 7) is 5.11. The first-order valence-electron chi connectivity index (χ1n) is 7.57. The van der Waals surface area contributed by atoms with Gasteiger partial charge in [-0.15, -0.1) is 0 Å². The predicted molar refractivity (Wildman–Crippen MR) is 87.1 cm³/mol. The second-order valence-electron chi connectivity index (χ2n) is 6.18. The van der Waals surface area contributed by atoms with E-state index in [2.05, 4.69) is 5.32 Å². The summed E-state index contributed by atoms with van der Waals surface area (Å²) in [6, 6.07) is 5.81. The number of aromatic carboxylic acids is 1. The van der Waals surface area contributed by atoms with Crippen LogP contribution in [-0.2, 0) is 19.1 Å². The van der Waals surface area contributed by atoms with Gasteiger partial charge in [-0.1, -0.05) is 0 Å². The number of rotatable bonds is 4. The van der Waals surface area contributed by atoms with Crippen LogP contribution >= 0.6 is 0 Å². The van der Waals surface area contributed by atoms with Crippen LogP contribution in [0, 0.1) is 0 Å². The minimum absolute atomic E-state index is 0.148. The van der Waals surface area contributed by atoms with E-state index in [1.807, 2.05) is 0 Å². The first kappa shape index (κ1) is 20.1. The third-order valence-corrected chi connectivity index (χ3v) is 2.74. The molecule has 25 heavy (non-hydrogen) atoms. The molecule has 8 heteroatoms. The Hall–Kier alpha value is -2.90. The number of carboxylic acids is 1. The fourth-order valence-corrected chi connectivity index (χ4v) is 1.71. The maximum Gasteiger partial charge on any atom is 0.344 e. The lowest BCUT2D eigenvalue weighted by Gasteiger charge is -2.19. The number of hydrogen-bond acceptors (Lipinski definition) is 6. The highest BCUT2D eigenvalue weighted by atomic mass is 16.6. The van der Waals surface area contributed by atoms with Crippen molar-refractivity contribution in [2.45, 2.75) is 39.2 Å². The molecule has 8 nitrogen and oxygen atoms in total. The summed E-state index contributed by atoms with van der Waals surface area (Å²) in [5.74, 6) is -1.35. The molecule has 1 heterocycles. The molecular formula is C17H21NO7. The van der Waals surface area contributed by atoms with Gasteiger partial charge in [0.1, 0.15) is 11.4 Å². The smallest absolute Gasteiger partial charge is 0.344 e. The first-order valence-corrected chi connectivity index (χ1v) is 7.57. The van der Waals surface area contributed by atoms with Gasteiger partial charge >= 0.3 is 11.9 Å². The van der Waals surface area contributed by atoms with Crippen LogP contribution in [0.15, 0.2) is 24.3 Å². The van der Waals surface area contributed by atoms with Crippen molar-refractivity contribution in [3.8, 4) is 5.75 Å². The number of amides is 2. The molecule has 0 aromatic heterocycles. The van der Waals surface area contributed by atoms with E-state index in [1.54, 1.807) is 20.8 Å². The molecule has 2 rings (SSSR count). The lowest BCUT2D eigenvalue weighted by Crippen LogP contribution is -2.27. The van der Waals surface area contributed by atoms with Gasteiger partial charge in [-0.05, 0) is 45.0 Å². The molecular weight excluding hydrogens is 330 g/mol. The Labute approximate surface area is 145 Å². The average Bonchev–Trinajstić information content (AvgIpc) is 2.88. The highest BCUT2D eigenvalue weighted by Gasteiger charge is 2.17. The second-order valence-corrected chi connectivity index (χ2v) is 6.18. The molecule has 1 saturated heterocycles. The monoisotopic (exact) mass is 351 g/mol. The van der Waals surface area contributed by atoms with Gasteiger partial charge in [0.25, 0.3) is 0 Å². The number of nitrogens with one attached hydrogen (secondary N) is 1. The maximum absolute atomic E-state index is 11.4. The number of esters is 1. The average molecular weight is 351 g/mol. The predicted octanol–water partition coefficient (Wildman–Crippen LogP) is 1.53. The first-order chi connectivity index (χ1) is 11.6. The molecule has 0 spiro atoms. The zero-order chi connectivity index (χ0) is 19.0. The molecule has 2 amide bonds. The van der Waals surface area contributed by atoms with Gasteiger partial charge in [-0.25, -0.2) is 9.59 Å². The quantitative estimate of drug-likeness (QED) is 0.623. The zero-order valence-electron chi connectivity index (χ0n) is 14.3. The Morgan fingerprint density at radius 1 is 1.08 bits per heavy atom. The molecule has 0 atom stereocenters. The summed E-state index contributed by atoms with van der Waals surface area (Å²) in [4.78, 5) is 42.2. The lowest BCUT2D eigenvalue weighted by atomic mass is 10.2. The van der Waals surface area contributed by atoms with Crippen LogP contribution in [0.2, 0.25) is 0 Å². The van der Waals surface area contributed by atoms with Gasteiger partial charge < -0.3 is 14.6 Å². The molecule has 0 bridgehead atoms. The molecule has 136 valence electrons. The zero-order valence-corrected chi connectivity index (χ0v) is 14.3. The Morgan fingerprint density at radius 3 is 1.96 bits per heavy atom. The third-order valence-electron chi connectivity index (χ3n) is 2.74. The standard InChI is InChI=1S/C13H16O5.C4H5NO2/c1-13(2,3)18-11(14)8-17-10-6-4-9(5-7-10)12(15)16;6-3-1-2-4(7)5-3/h4-7H,8H2,1-3H3,(H,15,16);1-2H2,(H,5,6,7). The van der Waals surface area contributed by atoms with Crippen molar-refractivity contribution in [3.05, 3.63) is 29.8 Å². The molecule has 1 fully saturated rings. The van der Waals surface area contributed by atoms with E-state index in [0.717, 1.165) is 0 Å². The van der Waals surface area contributed by atoms with Crippen LogP contribution in [0.4, 0.5) is 0 Å². The third kappa shape index (κ3) is 8.50. The Bertz CT molecular complexity index is 630. The number of ether oxygens (including phenoxy) is 2. The molecule has 1 aromatic rings. The molecule has 1 aromatic carbocycles.